The first-order chi connectivity index (χ1) is 11.2. The van der Waals surface area contributed by atoms with Gasteiger partial charge in [0.05, 0.1) is 12.8 Å². The number of fused-ring (bicyclic) bond motifs is 1. The number of hydrogen-bond donors (Lipinski definition) is 0. The zero-order valence-corrected chi connectivity index (χ0v) is 14.0. The van der Waals surface area contributed by atoms with Gasteiger partial charge in [0, 0.05) is 17.7 Å². The van der Waals surface area contributed by atoms with Gasteiger partial charge in [0.1, 0.15) is 5.75 Å². The molecule has 0 fully saturated rings. The largest absolute Gasteiger partial charge is 0.496 e. The Morgan fingerprint density at radius 1 is 1.26 bits per heavy atom. The van der Waals surface area contributed by atoms with E-state index in [1.54, 1.807) is 7.11 Å². The second-order valence-corrected chi connectivity index (χ2v) is 6.12. The van der Waals surface area contributed by atoms with Crippen LogP contribution in [0.25, 0.3) is 0 Å². The standard InChI is InChI=1S/C20H23NO2/c1-4-15-10-11-21(20(22)16-8-6-5-7-9-16)17-12-14(2)13-18(23-3)19(15)17/h5-9,12-13,15H,4,10-11H2,1-3H3/t15-/m1/s1. The lowest BCUT2D eigenvalue weighted by Gasteiger charge is -2.35. The Bertz CT molecular complexity index is 709. The van der Waals surface area contributed by atoms with Crippen molar-refractivity contribution in [3.63, 3.8) is 0 Å². The van der Waals surface area contributed by atoms with Crippen molar-refractivity contribution in [2.45, 2.75) is 32.6 Å². The lowest BCUT2D eigenvalue weighted by Crippen LogP contribution is -2.37. The molecule has 0 unspecified atom stereocenters. The average Bonchev–Trinajstić information content (AvgIpc) is 2.60. The van der Waals surface area contributed by atoms with E-state index in [4.69, 9.17) is 4.74 Å². The van der Waals surface area contributed by atoms with Crippen LogP contribution < -0.4 is 9.64 Å². The molecule has 3 rings (SSSR count). The number of aryl methyl sites for hydroxylation is 1. The predicted molar refractivity (Wildman–Crippen MR) is 93.5 cm³/mol. The molecule has 0 saturated heterocycles. The SMILES string of the molecule is CC[C@@H]1CCN(C(=O)c2ccccc2)c2cc(C)cc(OC)c21. The van der Waals surface area contributed by atoms with Crippen LogP contribution in [0.2, 0.25) is 0 Å². The molecule has 1 aliphatic rings. The molecular weight excluding hydrogens is 286 g/mol. The second kappa shape index (κ2) is 6.45. The molecule has 23 heavy (non-hydrogen) atoms. The van der Waals surface area contributed by atoms with Crippen LogP contribution in [0.5, 0.6) is 5.75 Å². The number of nitrogens with zero attached hydrogens (tertiary/aromatic N) is 1. The van der Waals surface area contributed by atoms with Gasteiger partial charge in [-0.05, 0) is 55.5 Å². The molecule has 2 aromatic carbocycles. The molecule has 120 valence electrons. The van der Waals surface area contributed by atoms with Crippen LogP contribution in [0, 0.1) is 6.92 Å². The minimum absolute atomic E-state index is 0.0639. The third-order valence-electron chi connectivity index (χ3n) is 4.64. The van der Waals surface area contributed by atoms with Crippen LogP contribution in [0.3, 0.4) is 0 Å². The maximum Gasteiger partial charge on any atom is 0.258 e. The second-order valence-electron chi connectivity index (χ2n) is 6.12. The summed E-state index contributed by atoms with van der Waals surface area (Å²) in [4.78, 5) is 14.9. The Kier molecular flexibility index (Phi) is 4.37. The first-order valence-electron chi connectivity index (χ1n) is 8.21. The Labute approximate surface area is 137 Å². The third-order valence-corrected chi connectivity index (χ3v) is 4.64. The molecule has 0 N–H and O–H groups in total. The fraction of sp³-hybridized carbons (Fsp3) is 0.350. The number of anilines is 1. The summed E-state index contributed by atoms with van der Waals surface area (Å²) < 4.78 is 5.62. The minimum Gasteiger partial charge on any atom is -0.496 e. The molecular formula is C20H23NO2. The molecule has 0 saturated carbocycles. The molecule has 1 heterocycles. The molecule has 0 aromatic heterocycles. The van der Waals surface area contributed by atoms with Crippen molar-refractivity contribution < 1.29 is 9.53 Å². The van der Waals surface area contributed by atoms with E-state index in [1.807, 2.05) is 42.2 Å². The summed E-state index contributed by atoms with van der Waals surface area (Å²) in [5.41, 5.74) is 4.03. The van der Waals surface area contributed by atoms with Crippen molar-refractivity contribution >= 4 is 11.6 Å². The lowest BCUT2D eigenvalue weighted by atomic mass is 9.86. The lowest BCUT2D eigenvalue weighted by molar-refractivity contribution is 0.0984. The molecule has 1 aliphatic heterocycles. The maximum absolute atomic E-state index is 13.0. The first kappa shape index (κ1) is 15.6. The maximum atomic E-state index is 13.0. The van der Waals surface area contributed by atoms with Gasteiger partial charge in [-0.2, -0.15) is 0 Å². The molecule has 1 atom stereocenters. The smallest absolute Gasteiger partial charge is 0.258 e. The van der Waals surface area contributed by atoms with E-state index in [0.29, 0.717) is 5.92 Å². The molecule has 3 heteroatoms. The minimum atomic E-state index is 0.0639. The van der Waals surface area contributed by atoms with Crippen molar-refractivity contribution in [1.29, 1.82) is 0 Å². The van der Waals surface area contributed by atoms with E-state index in [-0.39, 0.29) is 5.91 Å². The Balaban J connectivity index is 2.09. The number of ether oxygens (including phenoxy) is 1. The summed E-state index contributed by atoms with van der Waals surface area (Å²) in [6.07, 6.45) is 2.03. The Hall–Kier alpha value is -2.29. The van der Waals surface area contributed by atoms with E-state index in [2.05, 4.69) is 19.1 Å². The molecule has 3 nitrogen and oxygen atoms in total. The first-order valence-corrected chi connectivity index (χ1v) is 8.21. The van der Waals surface area contributed by atoms with Crippen molar-refractivity contribution in [1.82, 2.24) is 0 Å². The van der Waals surface area contributed by atoms with Gasteiger partial charge in [0.2, 0.25) is 0 Å². The van der Waals surface area contributed by atoms with Crippen molar-refractivity contribution in [2.75, 3.05) is 18.6 Å². The number of carbonyl (C=O) groups excluding carboxylic acids is 1. The highest BCUT2D eigenvalue weighted by molar-refractivity contribution is 6.07. The van der Waals surface area contributed by atoms with Crippen molar-refractivity contribution in [2.24, 2.45) is 0 Å². The zero-order valence-electron chi connectivity index (χ0n) is 14.0. The summed E-state index contributed by atoms with van der Waals surface area (Å²) in [7, 11) is 1.71. The Morgan fingerprint density at radius 2 is 2.00 bits per heavy atom. The van der Waals surface area contributed by atoms with Gasteiger partial charge in [-0.25, -0.2) is 0 Å². The van der Waals surface area contributed by atoms with Crippen LogP contribution in [0.4, 0.5) is 5.69 Å². The monoisotopic (exact) mass is 309 g/mol. The molecule has 0 bridgehead atoms. The summed E-state index contributed by atoms with van der Waals surface area (Å²) in [5.74, 6) is 1.41. The highest BCUT2D eigenvalue weighted by atomic mass is 16.5. The quantitative estimate of drug-likeness (QED) is 0.832. The summed E-state index contributed by atoms with van der Waals surface area (Å²) in [6, 6.07) is 13.7. The van der Waals surface area contributed by atoms with Gasteiger partial charge >= 0.3 is 0 Å². The van der Waals surface area contributed by atoms with Crippen molar-refractivity contribution in [3.05, 3.63) is 59.2 Å². The molecule has 2 aromatic rings. The Morgan fingerprint density at radius 3 is 2.65 bits per heavy atom. The number of benzene rings is 2. The van der Waals surface area contributed by atoms with Crippen LogP contribution in [-0.2, 0) is 0 Å². The molecule has 1 amide bonds. The van der Waals surface area contributed by atoms with E-state index in [9.17, 15) is 4.79 Å². The van der Waals surface area contributed by atoms with Crippen LogP contribution in [0.1, 0.15) is 47.2 Å². The van der Waals surface area contributed by atoms with Gasteiger partial charge in [-0.1, -0.05) is 25.1 Å². The summed E-state index contributed by atoms with van der Waals surface area (Å²) in [6.45, 7) is 5.00. The molecule has 0 radical (unpaired) electrons. The normalized spacial score (nSPS) is 16.8. The highest BCUT2D eigenvalue weighted by Crippen LogP contribution is 2.44. The van der Waals surface area contributed by atoms with E-state index < -0.39 is 0 Å². The zero-order chi connectivity index (χ0) is 16.4. The van der Waals surface area contributed by atoms with Gasteiger partial charge < -0.3 is 9.64 Å². The fourth-order valence-corrected chi connectivity index (χ4v) is 3.45. The summed E-state index contributed by atoms with van der Waals surface area (Å²) >= 11 is 0. The van der Waals surface area contributed by atoms with Crippen LogP contribution in [-0.4, -0.2) is 19.6 Å². The van der Waals surface area contributed by atoms with E-state index in [0.717, 1.165) is 42.0 Å². The average molecular weight is 309 g/mol. The predicted octanol–water partition coefficient (Wildman–Crippen LogP) is 4.55. The summed E-state index contributed by atoms with van der Waals surface area (Å²) in [5, 5.41) is 0. The number of rotatable bonds is 3. The number of methoxy groups -OCH3 is 1. The van der Waals surface area contributed by atoms with Gasteiger partial charge in [-0.15, -0.1) is 0 Å². The number of hydrogen-bond acceptors (Lipinski definition) is 2. The number of amides is 1. The third kappa shape index (κ3) is 2.83. The van der Waals surface area contributed by atoms with E-state index >= 15 is 0 Å². The van der Waals surface area contributed by atoms with Gasteiger partial charge in [-0.3, -0.25) is 4.79 Å². The highest BCUT2D eigenvalue weighted by Gasteiger charge is 2.31. The van der Waals surface area contributed by atoms with Gasteiger partial charge in [0.15, 0.2) is 0 Å². The number of carbonyl (C=O) groups is 1. The van der Waals surface area contributed by atoms with Crippen LogP contribution >= 0.6 is 0 Å². The van der Waals surface area contributed by atoms with Crippen LogP contribution in [0.15, 0.2) is 42.5 Å². The molecule has 0 spiro atoms. The topological polar surface area (TPSA) is 29.5 Å². The van der Waals surface area contributed by atoms with E-state index in [1.165, 1.54) is 5.56 Å². The fourth-order valence-electron chi connectivity index (χ4n) is 3.45. The molecule has 0 aliphatic carbocycles. The van der Waals surface area contributed by atoms with Crippen molar-refractivity contribution in [3.8, 4) is 5.75 Å². The van der Waals surface area contributed by atoms with Gasteiger partial charge in [0.25, 0.3) is 5.91 Å².